The Kier molecular flexibility index (Phi) is 6.04. The Morgan fingerprint density at radius 2 is 2.11 bits per heavy atom. The molecule has 1 aromatic carbocycles. The number of hydrogen-bond acceptors (Lipinski definition) is 4. The van der Waals surface area contributed by atoms with Gasteiger partial charge < -0.3 is 19.9 Å². The normalized spacial score (nSPS) is 14.3. The van der Waals surface area contributed by atoms with Crippen LogP contribution in [0.2, 0.25) is 0 Å². The second-order valence-electron chi connectivity index (χ2n) is 4.11. The molecule has 0 aromatic heterocycles. The minimum Gasteiger partial charge on any atom is -0.490 e. The number of methoxy groups -OCH3 is 1. The van der Waals surface area contributed by atoms with Gasteiger partial charge in [0, 0.05) is 18.7 Å². The number of rotatable bonds is 7. The van der Waals surface area contributed by atoms with E-state index >= 15 is 0 Å². The molecule has 0 aliphatic heterocycles. The van der Waals surface area contributed by atoms with Gasteiger partial charge in [0.05, 0.1) is 6.61 Å². The van der Waals surface area contributed by atoms with Crippen LogP contribution in [0, 0.1) is 5.82 Å². The number of aliphatic hydroxyl groups is 1. The fraction of sp³-hybridized carbons (Fsp3) is 0.538. The van der Waals surface area contributed by atoms with Crippen molar-refractivity contribution in [2.45, 2.75) is 19.1 Å². The van der Waals surface area contributed by atoms with Crippen molar-refractivity contribution in [3.8, 4) is 5.75 Å². The lowest BCUT2D eigenvalue weighted by molar-refractivity contribution is 0.0322. The van der Waals surface area contributed by atoms with Gasteiger partial charge in [-0.2, -0.15) is 0 Å². The van der Waals surface area contributed by atoms with E-state index in [1.165, 1.54) is 19.2 Å². The average molecular weight is 257 g/mol. The molecule has 5 heteroatoms. The van der Waals surface area contributed by atoms with Gasteiger partial charge >= 0.3 is 0 Å². The second kappa shape index (κ2) is 7.31. The predicted octanol–water partition coefficient (Wildman–Crippen LogP) is 1.49. The summed E-state index contributed by atoms with van der Waals surface area (Å²) in [5.41, 5.74) is 0.724. The summed E-state index contributed by atoms with van der Waals surface area (Å²) < 4.78 is 23.5. The van der Waals surface area contributed by atoms with E-state index in [9.17, 15) is 9.50 Å². The Balaban J connectivity index is 2.75. The van der Waals surface area contributed by atoms with Crippen LogP contribution in [0.25, 0.3) is 0 Å². The highest BCUT2D eigenvalue weighted by atomic mass is 19.1. The van der Waals surface area contributed by atoms with Crippen molar-refractivity contribution >= 4 is 0 Å². The smallest absolute Gasteiger partial charge is 0.124 e. The molecule has 0 spiro atoms. The third kappa shape index (κ3) is 4.25. The van der Waals surface area contributed by atoms with E-state index in [0.29, 0.717) is 5.75 Å². The number of benzene rings is 1. The van der Waals surface area contributed by atoms with Crippen molar-refractivity contribution in [3.63, 3.8) is 0 Å². The lowest BCUT2D eigenvalue weighted by Crippen LogP contribution is -2.23. The quantitative estimate of drug-likeness (QED) is 0.777. The molecule has 0 saturated heterocycles. The van der Waals surface area contributed by atoms with Gasteiger partial charge in [0.1, 0.15) is 24.3 Å². The summed E-state index contributed by atoms with van der Waals surface area (Å²) in [4.78, 5) is 0. The molecule has 2 atom stereocenters. The second-order valence-corrected chi connectivity index (χ2v) is 4.11. The first kappa shape index (κ1) is 14.9. The van der Waals surface area contributed by atoms with E-state index in [1.54, 1.807) is 13.1 Å². The Bertz CT molecular complexity index is 373. The van der Waals surface area contributed by atoms with Gasteiger partial charge in [-0.25, -0.2) is 4.39 Å². The van der Waals surface area contributed by atoms with Gasteiger partial charge in [-0.3, -0.25) is 0 Å². The minimum atomic E-state index is -0.696. The van der Waals surface area contributed by atoms with Gasteiger partial charge in [-0.1, -0.05) is 0 Å². The standard InChI is InChI=1S/C13H20FNO3/c1-9(15-2)12-6-10(14)4-5-13(12)18-8-11(16)7-17-3/h4-6,9,11,15-16H,7-8H2,1-3H3. The van der Waals surface area contributed by atoms with E-state index in [2.05, 4.69) is 5.32 Å². The Hall–Kier alpha value is -1.17. The van der Waals surface area contributed by atoms with E-state index in [0.717, 1.165) is 5.56 Å². The molecular formula is C13H20FNO3. The van der Waals surface area contributed by atoms with Gasteiger partial charge in [-0.05, 0) is 32.2 Å². The lowest BCUT2D eigenvalue weighted by atomic mass is 10.1. The number of nitrogens with one attached hydrogen (secondary N) is 1. The molecule has 1 rings (SSSR count). The van der Waals surface area contributed by atoms with Crippen LogP contribution in [-0.4, -0.2) is 38.6 Å². The zero-order chi connectivity index (χ0) is 13.5. The largest absolute Gasteiger partial charge is 0.490 e. The molecule has 18 heavy (non-hydrogen) atoms. The molecule has 0 heterocycles. The molecule has 0 aliphatic rings. The highest BCUT2D eigenvalue weighted by molar-refractivity contribution is 5.36. The first-order valence-corrected chi connectivity index (χ1v) is 5.85. The van der Waals surface area contributed by atoms with Crippen molar-refractivity contribution < 1.29 is 19.0 Å². The average Bonchev–Trinajstić information content (AvgIpc) is 2.36. The minimum absolute atomic E-state index is 0.0322. The summed E-state index contributed by atoms with van der Waals surface area (Å²) in [5, 5.41) is 12.5. The summed E-state index contributed by atoms with van der Waals surface area (Å²) in [7, 11) is 3.30. The zero-order valence-corrected chi connectivity index (χ0v) is 10.9. The summed E-state index contributed by atoms with van der Waals surface area (Å²) in [6.45, 7) is 2.23. The van der Waals surface area contributed by atoms with E-state index in [4.69, 9.17) is 9.47 Å². The Morgan fingerprint density at radius 1 is 1.39 bits per heavy atom. The van der Waals surface area contributed by atoms with Crippen LogP contribution in [0.5, 0.6) is 5.75 Å². The maximum absolute atomic E-state index is 13.2. The van der Waals surface area contributed by atoms with Gasteiger partial charge in [0.2, 0.25) is 0 Å². The molecule has 102 valence electrons. The van der Waals surface area contributed by atoms with Crippen molar-refractivity contribution in [2.75, 3.05) is 27.4 Å². The molecule has 1 aromatic rings. The van der Waals surface area contributed by atoms with Gasteiger partial charge in [-0.15, -0.1) is 0 Å². The third-order valence-electron chi connectivity index (χ3n) is 2.66. The topological polar surface area (TPSA) is 50.7 Å². The lowest BCUT2D eigenvalue weighted by Gasteiger charge is -2.18. The van der Waals surface area contributed by atoms with Crippen LogP contribution in [-0.2, 0) is 4.74 Å². The van der Waals surface area contributed by atoms with Crippen LogP contribution in [0.15, 0.2) is 18.2 Å². The van der Waals surface area contributed by atoms with Gasteiger partial charge in [0.15, 0.2) is 0 Å². The molecule has 0 radical (unpaired) electrons. The number of aliphatic hydroxyl groups excluding tert-OH is 1. The molecule has 2 unspecified atom stereocenters. The predicted molar refractivity (Wildman–Crippen MR) is 67.3 cm³/mol. The van der Waals surface area contributed by atoms with Crippen LogP contribution in [0.3, 0.4) is 0 Å². The van der Waals surface area contributed by atoms with Crippen molar-refractivity contribution in [3.05, 3.63) is 29.6 Å². The van der Waals surface area contributed by atoms with E-state index < -0.39 is 6.10 Å². The highest BCUT2D eigenvalue weighted by Crippen LogP contribution is 2.26. The highest BCUT2D eigenvalue weighted by Gasteiger charge is 2.13. The monoisotopic (exact) mass is 257 g/mol. The first-order valence-electron chi connectivity index (χ1n) is 5.85. The molecule has 0 amide bonds. The Labute approximate surface area is 107 Å². The molecule has 0 fully saturated rings. The fourth-order valence-electron chi connectivity index (χ4n) is 1.57. The third-order valence-corrected chi connectivity index (χ3v) is 2.66. The van der Waals surface area contributed by atoms with Crippen LogP contribution >= 0.6 is 0 Å². The maximum Gasteiger partial charge on any atom is 0.124 e. The number of hydrogen-bond donors (Lipinski definition) is 2. The first-order chi connectivity index (χ1) is 8.58. The maximum atomic E-state index is 13.2. The van der Waals surface area contributed by atoms with Crippen LogP contribution in [0.1, 0.15) is 18.5 Å². The van der Waals surface area contributed by atoms with Crippen molar-refractivity contribution in [1.82, 2.24) is 5.32 Å². The Morgan fingerprint density at radius 3 is 2.72 bits per heavy atom. The summed E-state index contributed by atoms with van der Waals surface area (Å²) >= 11 is 0. The molecule has 0 aliphatic carbocycles. The molecule has 2 N–H and O–H groups in total. The van der Waals surface area contributed by atoms with Crippen molar-refractivity contribution in [1.29, 1.82) is 0 Å². The SMILES string of the molecule is CNC(C)c1cc(F)ccc1OCC(O)COC. The van der Waals surface area contributed by atoms with Crippen LogP contribution < -0.4 is 10.1 Å². The molecular weight excluding hydrogens is 237 g/mol. The zero-order valence-electron chi connectivity index (χ0n) is 10.9. The van der Waals surface area contributed by atoms with E-state index in [1.807, 2.05) is 6.92 Å². The summed E-state index contributed by atoms with van der Waals surface area (Å²) in [5.74, 6) is 0.255. The number of halogens is 1. The van der Waals surface area contributed by atoms with Crippen LogP contribution in [0.4, 0.5) is 4.39 Å². The molecule has 0 saturated carbocycles. The van der Waals surface area contributed by atoms with E-state index in [-0.39, 0.29) is 25.1 Å². The fourth-order valence-corrected chi connectivity index (χ4v) is 1.57. The number of ether oxygens (including phenoxy) is 2. The molecule has 0 bridgehead atoms. The summed E-state index contributed by atoms with van der Waals surface area (Å²) in [6, 6.07) is 4.30. The van der Waals surface area contributed by atoms with Crippen molar-refractivity contribution in [2.24, 2.45) is 0 Å². The molecule has 4 nitrogen and oxygen atoms in total. The van der Waals surface area contributed by atoms with Gasteiger partial charge in [0.25, 0.3) is 0 Å². The summed E-state index contributed by atoms with van der Waals surface area (Å²) in [6.07, 6.45) is -0.696.